The lowest BCUT2D eigenvalue weighted by Crippen LogP contribution is -2.29. The molecule has 0 saturated heterocycles. The van der Waals surface area contributed by atoms with Gasteiger partial charge in [-0.2, -0.15) is 0 Å². The van der Waals surface area contributed by atoms with E-state index in [1.807, 2.05) is 0 Å². The third-order valence-electron chi connectivity index (χ3n) is 2.40. The lowest BCUT2D eigenvalue weighted by molar-refractivity contribution is 0.403. The topological polar surface area (TPSA) is 70.0 Å². The highest BCUT2D eigenvalue weighted by molar-refractivity contribution is 7.13. The Bertz CT molecular complexity index is 559. The minimum atomic E-state index is -0.367. The predicted octanol–water partition coefficient (Wildman–Crippen LogP) is 2.43. The molecule has 0 aliphatic rings. The number of methoxy groups -OCH3 is 1. The first-order valence-electron chi connectivity index (χ1n) is 5.51. The van der Waals surface area contributed by atoms with Gasteiger partial charge < -0.3 is 15.4 Å². The Hall–Kier alpha value is -2.15. The van der Waals surface area contributed by atoms with Gasteiger partial charge in [0.25, 0.3) is 0 Å². The molecule has 1 aromatic heterocycles. The smallest absolute Gasteiger partial charge is 0.195 e. The minimum absolute atomic E-state index is 0.0558. The van der Waals surface area contributed by atoms with Gasteiger partial charge in [0.2, 0.25) is 0 Å². The van der Waals surface area contributed by atoms with E-state index in [9.17, 15) is 4.39 Å². The molecule has 100 valence electrons. The number of hydrogen-bond donors (Lipinski definition) is 3. The zero-order valence-corrected chi connectivity index (χ0v) is 11.1. The second-order valence-electron chi connectivity index (χ2n) is 3.61. The number of benzene rings is 1. The molecule has 2 aromatic rings. The van der Waals surface area contributed by atoms with Crippen LogP contribution in [0.4, 0.5) is 9.52 Å². The number of nitrogens with one attached hydrogen (secondary N) is 3. The van der Waals surface area contributed by atoms with E-state index in [1.54, 1.807) is 23.7 Å². The van der Waals surface area contributed by atoms with E-state index in [1.165, 1.54) is 24.5 Å². The van der Waals surface area contributed by atoms with Crippen LogP contribution in [-0.4, -0.2) is 18.1 Å². The van der Waals surface area contributed by atoms with Crippen molar-refractivity contribution in [2.75, 3.05) is 12.4 Å². The molecular weight excluding hydrogens is 267 g/mol. The summed E-state index contributed by atoms with van der Waals surface area (Å²) < 4.78 is 18.7. The van der Waals surface area contributed by atoms with Crippen LogP contribution in [-0.2, 0) is 6.54 Å². The molecule has 1 aromatic carbocycles. The van der Waals surface area contributed by atoms with E-state index >= 15 is 0 Å². The summed E-state index contributed by atoms with van der Waals surface area (Å²) in [6, 6.07) is 4.62. The van der Waals surface area contributed by atoms with Crippen LogP contribution in [0, 0.1) is 11.2 Å². The number of aromatic nitrogens is 1. The maximum atomic E-state index is 13.6. The number of hydrogen-bond acceptors (Lipinski definition) is 4. The standard InChI is InChI=1S/C12H13FN4OS/c1-18-10-4-2-3-9(13)8(10)7-16-11(14)17-12-15-5-6-19-12/h2-6H,7H2,1H3,(H3,14,15,16,17). The zero-order valence-electron chi connectivity index (χ0n) is 10.2. The van der Waals surface area contributed by atoms with Gasteiger partial charge in [0.15, 0.2) is 11.1 Å². The number of halogens is 1. The third kappa shape index (κ3) is 3.41. The molecule has 0 saturated carbocycles. The molecule has 0 spiro atoms. The van der Waals surface area contributed by atoms with E-state index in [0.717, 1.165) is 0 Å². The van der Waals surface area contributed by atoms with Crippen molar-refractivity contribution in [3.63, 3.8) is 0 Å². The molecule has 0 bridgehead atoms. The van der Waals surface area contributed by atoms with Crippen molar-refractivity contribution in [3.8, 4) is 5.75 Å². The monoisotopic (exact) mass is 280 g/mol. The molecule has 7 heteroatoms. The predicted molar refractivity (Wildman–Crippen MR) is 73.3 cm³/mol. The van der Waals surface area contributed by atoms with Gasteiger partial charge in [-0.25, -0.2) is 9.37 Å². The number of ether oxygens (including phenoxy) is 1. The minimum Gasteiger partial charge on any atom is -0.496 e. The Morgan fingerprint density at radius 3 is 3.05 bits per heavy atom. The largest absolute Gasteiger partial charge is 0.496 e. The molecule has 3 N–H and O–H groups in total. The highest BCUT2D eigenvalue weighted by Crippen LogP contribution is 2.20. The fraction of sp³-hybridized carbons (Fsp3) is 0.167. The molecule has 0 aliphatic carbocycles. The molecule has 1 heterocycles. The molecule has 5 nitrogen and oxygen atoms in total. The Morgan fingerprint density at radius 1 is 1.53 bits per heavy atom. The maximum absolute atomic E-state index is 13.6. The molecule has 0 unspecified atom stereocenters. The number of thiazole rings is 1. The van der Waals surface area contributed by atoms with E-state index < -0.39 is 0 Å². The van der Waals surface area contributed by atoms with Crippen molar-refractivity contribution in [3.05, 3.63) is 41.2 Å². The second kappa shape index (κ2) is 6.14. The van der Waals surface area contributed by atoms with Gasteiger partial charge in [0.05, 0.1) is 7.11 Å². The van der Waals surface area contributed by atoms with Crippen LogP contribution in [0.25, 0.3) is 0 Å². The summed E-state index contributed by atoms with van der Waals surface area (Å²) in [6.07, 6.45) is 1.64. The van der Waals surface area contributed by atoms with Crippen molar-refractivity contribution in [2.24, 2.45) is 0 Å². The van der Waals surface area contributed by atoms with Crippen LogP contribution < -0.4 is 15.4 Å². The molecule has 0 aliphatic heterocycles. The Labute approximate surface area is 114 Å². The lowest BCUT2D eigenvalue weighted by Gasteiger charge is -2.12. The van der Waals surface area contributed by atoms with Gasteiger partial charge in [-0.1, -0.05) is 6.07 Å². The third-order valence-corrected chi connectivity index (χ3v) is 3.09. The normalized spacial score (nSPS) is 10.0. The summed E-state index contributed by atoms with van der Waals surface area (Å²) in [5, 5.41) is 15.6. The van der Waals surface area contributed by atoms with Crippen molar-refractivity contribution < 1.29 is 9.13 Å². The van der Waals surface area contributed by atoms with Crippen LogP contribution in [0.1, 0.15) is 5.56 Å². The first kappa shape index (κ1) is 13.3. The summed E-state index contributed by atoms with van der Waals surface area (Å²) in [6.45, 7) is 0.160. The van der Waals surface area contributed by atoms with Crippen molar-refractivity contribution in [1.82, 2.24) is 10.3 Å². The average Bonchev–Trinajstić information content (AvgIpc) is 2.89. The second-order valence-corrected chi connectivity index (χ2v) is 4.51. The molecular formula is C12H13FN4OS. The number of nitrogens with zero attached hydrogens (tertiary/aromatic N) is 1. The number of guanidine groups is 1. The van der Waals surface area contributed by atoms with E-state index in [2.05, 4.69) is 15.6 Å². The fourth-order valence-electron chi connectivity index (χ4n) is 1.51. The summed E-state index contributed by atoms with van der Waals surface area (Å²) >= 11 is 1.38. The Morgan fingerprint density at radius 2 is 2.37 bits per heavy atom. The first-order valence-corrected chi connectivity index (χ1v) is 6.39. The van der Waals surface area contributed by atoms with Crippen LogP contribution in [0.5, 0.6) is 5.75 Å². The fourth-order valence-corrected chi connectivity index (χ4v) is 2.05. The summed E-state index contributed by atoms with van der Waals surface area (Å²) in [5.41, 5.74) is 0.385. The zero-order chi connectivity index (χ0) is 13.7. The van der Waals surface area contributed by atoms with Crippen LogP contribution in [0.3, 0.4) is 0 Å². The molecule has 19 heavy (non-hydrogen) atoms. The molecule has 0 atom stereocenters. The highest BCUT2D eigenvalue weighted by atomic mass is 32.1. The van der Waals surface area contributed by atoms with Crippen LogP contribution >= 0.6 is 11.3 Å². The SMILES string of the molecule is COc1cccc(F)c1CNC(=N)Nc1nccs1. The first-order chi connectivity index (χ1) is 9.20. The highest BCUT2D eigenvalue weighted by Gasteiger charge is 2.09. The summed E-state index contributed by atoms with van der Waals surface area (Å²) in [7, 11) is 1.48. The van der Waals surface area contributed by atoms with Crippen molar-refractivity contribution >= 4 is 22.4 Å². The van der Waals surface area contributed by atoms with E-state index in [-0.39, 0.29) is 18.3 Å². The van der Waals surface area contributed by atoms with Gasteiger partial charge in [0, 0.05) is 23.7 Å². The van der Waals surface area contributed by atoms with Crippen molar-refractivity contribution in [1.29, 1.82) is 5.41 Å². The Balaban J connectivity index is 1.97. The number of anilines is 1. The van der Waals surface area contributed by atoms with Gasteiger partial charge in [-0.15, -0.1) is 11.3 Å². The average molecular weight is 280 g/mol. The number of rotatable bonds is 4. The van der Waals surface area contributed by atoms with Crippen LogP contribution in [0.15, 0.2) is 29.8 Å². The summed E-state index contributed by atoms with van der Waals surface area (Å²) in [4.78, 5) is 3.99. The van der Waals surface area contributed by atoms with Crippen molar-refractivity contribution in [2.45, 2.75) is 6.54 Å². The van der Waals surface area contributed by atoms with Gasteiger partial charge in [0.1, 0.15) is 11.6 Å². The quantitative estimate of drug-likeness (QED) is 0.594. The molecule has 0 fully saturated rings. The molecule has 0 radical (unpaired) electrons. The van der Waals surface area contributed by atoms with Gasteiger partial charge in [-0.3, -0.25) is 5.41 Å². The summed E-state index contributed by atoms with van der Waals surface area (Å²) in [5.74, 6) is 0.142. The Kier molecular flexibility index (Phi) is 4.30. The lowest BCUT2D eigenvalue weighted by atomic mass is 10.2. The maximum Gasteiger partial charge on any atom is 0.195 e. The van der Waals surface area contributed by atoms with Crippen LogP contribution in [0.2, 0.25) is 0 Å². The van der Waals surface area contributed by atoms with E-state index in [0.29, 0.717) is 16.4 Å². The molecule has 0 amide bonds. The van der Waals surface area contributed by atoms with E-state index in [4.69, 9.17) is 10.1 Å². The van der Waals surface area contributed by atoms with Gasteiger partial charge >= 0.3 is 0 Å². The van der Waals surface area contributed by atoms with Gasteiger partial charge in [-0.05, 0) is 12.1 Å². The molecule has 2 rings (SSSR count).